The fourth-order valence-electron chi connectivity index (χ4n) is 0.0450. The number of amides is 1. The van der Waals surface area contributed by atoms with Crippen LogP contribution in [0.3, 0.4) is 0 Å². The summed E-state index contributed by atoms with van der Waals surface area (Å²) in [5.74, 6) is 0. The Balaban J connectivity index is -0.0000000417. The number of carbonyl (C=O) groups is 1. The Morgan fingerprint density at radius 3 is 2.25 bits per heavy atom. The van der Waals surface area contributed by atoms with Crippen LogP contribution in [-0.2, 0) is 4.74 Å². The maximum Gasteiger partial charge on any atom is 1.00 e. The molecular weight excluding hydrogens is 119 g/mol. The molecule has 0 saturated heterocycles. The van der Waals surface area contributed by atoms with Crippen molar-refractivity contribution in [3.8, 4) is 6.26 Å². The second-order valence-electron chi connectivity index (χ2n) is 0.512. The molecule has 0 aliphatic heterocycles. The van der Waals surface area contributed by atoms with Gasteiger partial charge in [0.1, 0.15) is 0 Å². The molecule has 0 saturated carbocycles. The van der Waals surface area contributed by atoms with Gasteiger partial charge in [-0.2, -0.15) is 0 Å². The van der Waals surface area contributed by atoms with Crippen molar-refractivity contribution in [1.29, 1.82) is 5.26 Å². The average molecular weight is 126 g/mol. The van der Waals surface area contributed by atoms with Crippen molar-refractivity contribution in [1.82, 2.24) is 0 Å². The predicted molar refractivity (Wildman–Crippen MR) is 24.1 cm³/mol. The van der Waals surface area contributed by atoms with Gasteiger partial charge in [0.25, 0.3) is 6.26 Å². The summed E-state index contributed by atoms with van der Waals surface area (Å²) in [6.07, 6.45) is 0.0208. The number of nitrogens with zero attached hydrogens (tertiary/aromatic N) is 1. The van der Waals surface area contributed by atoms with Gasteiger partial charge in [-0.1, -0.05) is 7.43 Å². The first-order valence-electron chi connectivity index (χ1n) is 1.12. The van der Waals surface area contributed by atoms with E-state index in [2.05, 4.69) is 10.5 Å². The largest absolute Gasteiger partial charge is 1.00 e. The van der Waals surface area contributed by atoms with Gasteiger partial charge in [-0.15, -0.1) is 5.26 Å². The van der Waals surface area contributed by atoms with Crippen molar-refractivity contribution < 1.29 is 40.5 Å². The first-order valence-corrected chi connectivity index (χ1v) is 1.12. The Hall–Kier alpha value is -0.240. The summed E-state index contributed by atoms with van der Waals surface area (Å²) in [6.45, 7) is 0. The molecule has 0 aliphatic rings. The molecule has 2 N–H and O–H groups in total. The maximum absolute atomic E-state index is 9.38. The van der Waals surface area contributed by atoms with E-state index < -0.39 is 6.09 Å². The van der Waals surface area contributed by atoms with Crippen LogP contribution in [0.4, 0.5) is 4.79 Å². The number of nitrogens with two attached hydrogens (primary N) is 1. The number of nitriles is 1. The summed E-state index contributed by atoms with van der Waals surface area (Å²) in [6, 6.07) is 0. The molecule has 0 spiro atoms. The summed E-state index contributed by atoms with van der Waals surface area (Å²) < 4.78 is 3.49. The normalized spacial score (nSPS) is 4.38. The molecule has 0 atom stereocenters. The van der Waals surface area contributed by atoms with Gasteiger partial charge in [0, 0.05) is 0 Å². The van der Waals surface area contributed by atoms with E-state index in [1.807, 2.05) is 0 Å². The fraction of sp³-hybridized carbons (Fsp3) is 0.333. The summed E-state index contributed by atoms with van der Waals surface area (Å²) >= 11 is 0. The third-order valence-electron chi connectivity index (χ3n) is 0.146. The number of hydrogen-bond donors (Lipinski definition) is 1. The van der Waals surface area contributed by atoms with Crippen LogP contribution in [-0.4, -0.2) is 6.09 Å². The van der Waals surface area contributed by atoms with Crippen molar-refractivity contribution in [3.05, 3.63) is 0 Å². The van der Waals surface area contributed by atoms with Crippen molar-refractivity contribution in [3.63, 3.8) is 0 Å². The molecule has 5 heteroatoms. The minimum absolute atomic E-state index is 0. The first-order chi connectivity index (χ1) is 2.77. The van der Waals surface area contributed by atoms with Crippen molar-refractivity contribution in [2.24, 2.45) is 5.73 Å². The van der Waals surface area contributed by atoms with Crippen LogP contribution in [0.15, 0.2) is 0 Å². The second kappa shape index (κ2) is 9.90. The molecular formula is C3H7N2NaO2. The van der Waals surface area contributed by atoms with Gasteiger partial charge in [-0.3, -0.25) is 0 Å². The Morgan fingerprint density at radius 1 is 1.88 bits per heavy atom. The van der Waals surface area contributed by atoms with E-state index in [9.17, 15) is 4.79 Å². The van der Waals surface area contributed by atoms with E-state index in [0.29, 0.717) is 0 Å². The average Bonchev–Trinajstić information content (AvgIpc) is 1.35. The summed E-state index contributed by atoms with van der Waals surface area (Å²) in [5, 5.41) is 7.46. The van der Waals surface area contributed by atoms with E-state index in [1.165, 1.54) is 0 Å². The summed E-state index contributed by atoms with van der Waals surface area (Å²) in [7, 11) is 0. The zero-order chi connectivity index (χ0) is 4.99. The van der Waals surface area contributed by atoms with Crippen LogP contribution in [0, 0.1) is 11.5 Å². The van der Waals surface area contributed by atoms with Gasteiger partial charge in [0.15, 0.2) is 0 Å². The van der Waals surface area contributed by atoms with Crippen molar-refractivity contribution >= 4 is 6.09 Å². The minimum atomic E-state index is -1.07. The molecule has 0 aromatic heterocycles. The molecule has 0 aromatic carbocycles. The van der Waals surface area contributed by atoms with Gasteiger partial charge in [0.2, 0.25) is 0 Å². The van der Waals surface area contributed by atoms with Crippen LogP contribution < -0.4 is 35.3 Å². The molecule has 8 heavy (non-hydrogen) atoms. The SMILES string of the molecule is C.N#COC(N)=O.[H-].[Na+]. The Bertz CT molecular complexity index is 102. The van der Waals surface area contributed by atoms with Crippen molar-refractivity contribution in [2.75, 3.05) is 0 Å². The first kappa shape index (κ1) is 15.7. The predicted octanol–water partition coefficient (Wildman–Crippen LogP) is -2.68. The number of hydrogen-bond acceptors (Lipinski definition) is 3. The molecule has 4 nitrogen and oxygen atoms in total. The smallest absolute Gasteiger partial charge is 1.00 e. The quantitative estimate of drug-likeness (QED) is 0.284. The second-order valence-corrected chi connectivity index (χ2v) is 0.512. The van der Waals surface area contributed by atoms with Crippen LogP contribution in [0.5, 0.6) is 0 Å². The molecule has 0 unspecified atom stereocenters. The Morgan fingerprint density at radius 2 is 2.25 bits per heavy atom. The van der Waals surface area contributed by atoms with Gasteiger partial charge >= 0.3 is 35.7 Å². The standard InChI is InChI=1S/C2H2N2O2.CH4.Na.H/c3-1-6-2(4)5;;;/h(H2,4,5);1H4;;/q;;+1;-1. The Labute approximate surface area is 71.4 Å². The number of rotatable bonds is 0. The van der Waals surface area contributed by atoms with Crippen LogP contribution in [0.2, 0.25) is 0 Å². The van der Waals surface area contributed by atoms with E-state index in [4.69, 9.17) is 5.26 Å². The number of carbonyl (C=O) groups excluding carboxylic acids is 1. The molecule has 0 aliphatic carbocycles. The number of ether oxygens (including phenoxy) is 1. The molecule has 0 bridgehead atoms. The molecule has 1 amide bonds. The maximum atomic E-state index is 9.38. The van der Waals surface area contributed by atoms with E-state index in [1.54, 1.807) is 0 Å². The molecule has 0 heterocycles. The molecule has 0 rings (SSSR count). The third kappa shape index (κ3) is 17.1. The zero-order valence-corrected chi connectivity index (χ0v) is 5.84. The number of primary amides is 1. The van der Waals surface area contributed by atoms with Crippen LogP contribution in [0.25, 0.3) is 0 Å². The minimum Gasteiger partial charge on any atom is -1.00 e. The monoisotopic (exact) mass is 126 g/mol. The van der Waals surface area contributed by atoms with Gasteiger partial charge in [0.05, 0.1) is 0 Å². The van der Waals surface area contributed by atoms with E-state index >= 15 is 0 Å². The van der Waals surface area contributed by atoms with Crippen LogP contribution in [0.1, 0.15) is 8.85 Å². The molecule has 0 radical (unpaired) electrons. The van der Waals surface area contributed by atoms with Gasteiger partial charge in [-0.05, 0) is 0 Å². The fourth-order valence-corrected chi connectivity index (χ4v) is 0.0450. The van der Waals surface area contributed by atoms with E-state index in [-0.39, 0.29) is 38.4 Å². The summed E-state index contributed by atoms with van der Waals surface area (Å²) in [5.41, 5.74) is 4.32. The van der Waals surface area contributed by atoms with Crippen LogP contribution >= 0.6 is 0 Å². The molecule has 0 fully saturated rings. The van der Waals surface area contributed by atoms with Gasteiger partial charge in [-0.25, -0.2) is 4.79 Å². The Kier molecular flexibility index (Phi) is 19.4. The summed E-state index contributed by atoms with van der Waals surface area (Å²) in [4.78, 5) is 9.38. The topological polar surface area (TPSA) is 76.1 Å². The molecule has 42 valence electrons. The zero-order valence-electron chi connectivity index (χ0n) is 4.84. The van der Waals surface area contributed by atoms with Gasteiger partial charge < -0.3 is 11.9 Å². The van der Waals surface area contributed by atoms with Crippen molar-refractivity contribution in [2.45, 2.75) is 7.43 Å². The van der Waals surface area contributed by atoms with E-state index in [0.717, 1.165) is 6.26 Å². The molecule has 0 aromatic rings. The third-order valence-corrected chi connectivity index (χ3v) is 0.146.